The molecule has 0 bridgehead atoms. The summed E-state index contributed by atoms with van der Waals surface area (Å²) in [6.07, 6.45) is 7.40. The van der Waals surface area contributed by atoms with Gasteiger partial charge in [-0.05, 0) is 43.9 Å². The van der Waals surface area contributed by atoms with Crippen molar-refractivity contribution >= 4 is 17.6 Å². The number of anilines is 3. The number of ether oxygens (including phenoxy) is 1. The lowest BCUT2D eigenvalue weighted by molar-refractivity contribution is 0.00455. The third-order valence-electron chi connectivity index (χ3n) is 5.18. The molecule has 0 aliphatic heterocycles. The van der Waals surface area contributed by atoms with E-state index in [4.69, 9.17) is 4.74 Å². The fourth-order valence-corrected chi connectivity index (χ4v) is 3.51. The van der Waals surface area contributed by atoms with Crippen molar-refractivity contribution in [1.29, 1.82) is 0 Å². The number of nitrogens with zero attached hydrogens (tertiary/aromatic N) is 4. The molecule has 1 saturated carbocycles. The van der Waals surface area contributed by atoms with E-state index in [-0.39, 0.29) is 18.0 Å². The Labute approximate surface area is 180 Å². The zero-order valence-electron chi connectivity index (χ0n) is 17.2. The Morgan fingerprint density at radius 1 is 1.10 bits per heavy atom. The SMILES string of the molecule is C[C@H](Nc1nc(Nc2cnccn2)cc(OC2CCCC[C@@H]2O)n1)c1ccc(F)cc1. The molecule has 9 heteroatoms. The molecule has 162 valence electrons. The van der Waals surface area contributed by atoms with Crippen molar-refractivity contribution < 1.29 is 14.2 Å². The van der Waals surface area contributed by atoms with Crippen LogP contribution in [0.15, 0.2) is 48.9 Å². The number of rotatable bonds is 7. The molecule has 3 atom stereocenters. The number of benzene rings is 1. The predicted molar refractivity (Wildman–Crippen MR) is 115 cm³/mol. The summed E-state index contributed by atoms with van der Waals surface area (Å²) < 4.78 is 19.3. The highest BCUT2D eigenvalue weighted by Crippen LogP contribution is 2.27. The lowest BCUT2D eigenvalue weighted by atomic mass is 9.95. The van der Waals surface area contributed by atoms with Crippen LogP contribution in [0, 0.1) is 5.82 Å². The van der Waals surface area contributed by atoms with Crippen LogP contribution in [0.2, 0.25) is 0 Å². The molecule has 0 spiro atoms. The normalized spacial score (nSPS) is 19.5. The van der Waals surface area contributed by atoms with Crippen LogP contribution in [0.4, 0.5) is 22.0 Å². The van der Waals surface area contributed by atoms with Gasteiger partial charge in [0.1, 0.15) is 23.6 Å². The summed E-state index contributed by atoms with van der Waals surface area (Å²) in [4.78, 5) is 17.2. The van der Waals surface area contributed by atoms with Gasteiger partial charge in [0, 0.05) is 18.5 Å². The number of aliphatic hydroxyl groups is 1. The highest BCUT2D eigenvalue weighted by molar-refractivity contribution is 5.54. The molecule has 1 unspecified atom stereocenters. The Kier molecular flexibility index (Phi) is 6.51. The molecule has 4 rings (SSSR count). The van der Waals surface area contributed by atoms with Crippen LogP contribution in [-0.4, -0.2) is 37.3 Å². The molecule has 8 nitrogen and oxygen atoms in total. The summed E-state index contributed by atoms with van der Waals surface area (Å²) in [7, 11) is 0. The molecule has 1 aliphatic carbocycles. The molecule has 3 aromatic rings. The lowest BCUT2D eigenvalue weighted by Crippen LogP contribution is -2.34. The summed E-state index contributed by atoms with van der Waals surface area (Å²) in [5, 5.41) is 16.6. The maximum Gasteiger partial charge on any atom is 0.228 e. The van der Waals surface area contributed by atoms with Gasteiger partial charge in [-0.3, -0.25) is 4.98 Å². The molecular weight excluding hydrogens is 399 g/mol. The van der Waals surface area contributed by atoms with Crippen molar-refractivity contribution in [3.8, 4) is 5.88 Å². The third kappa shape index (κ3) is 5.64. The quantitative estimate of drug-likeness (QED) is 0.523. The summed E-state index contributed by atoms with van der Waals surface area (Å²) in [5.41, 5.74) is 0.891. The first kappa shape index (κ1) is 20.9. The van der Waals surface area contributed by atoms with Crippen molar-refractivity contribution in [3.63, 3.8) is 0 Å². The van der Waals surface area contributed by atoms with E-state index in [9.17, 15) is 9.50 Å². The zero-order valence-corrected chi connectivity index (χ0v) is 17.2. The Balaban J connectivity index is 1.57. The van der Waals surface area contributed by atoms with Crippen LogP contribution >= 0.6 is 0 Å². The maximum atomic E-state index is 13.2. The molecule has 2 aromatic heterocycles. The number of hydrogen-bond donors (Lipinski definition) is 3. The first-order valence-corrected chi connectivity index (χ1v) is 10.4. The van der Waals surface area contributed by atoms with Gasteiger partial charge >= 0.3 is 0 Å². The van der Waals surface area contributed by atoms with Crippen LogP contribution in [0.3, 0.4) is 0 Å². The van der Waals surface area contributed by atoms with Crippen molar-refractivity contribution in [2.75, 3.05) is 10.6 Å². The molecule has 0 amide bonds. The second kappa shape index (κ2) is 9.65. The first-order valence-electron chi connectivity index (χ1n) is 10.4. The smallest absolute Gasteiger partial charge is 0.228 e. The van der Waals surface area contributed by atoms with E-state index in [0.717, 1.165) is 24.8 Å². The van der Waals surface area contributed by atoms with E-state index < -0.39 is 6.10 Å². The van der Waals surface area contributed by atoms with Crippen molar-refractivity contribution in [2.45, 2.75) is 50.9 Å². The largest absolute Gasteiger partial charge is 0.471 e. The van der Waals surface area contributed by atoms with E-state index in [0.29, 0.717) is 29.9 Å². The second-order valence-electron chi connectivity index (χ2n) is 7.56. The molecule has 1 aliphatic rings. The highest BCUT2D eigenvalue weighted by Gasteiger charge is 2.25. The summed E-state index contributed by atoms with van der Waals surface area (Å²) >= 11 is 0. The van der Waals surface area contributed by atoms with Crippen LogP contribution in [0.1, 0.15) is 44.2 Å². The van der Waals surface area contributed by atoms with Crippen molar-refractivity contribution in [3.05, 3.63) is 60.3 Å². The first-order chi connectivity index (χ1) is 15.1. The molecule has 0 saturated heterocycles. The second-order valence-corrected chi connectivity index (χ2v) is 7.56. The van der Waals surface area contributed by atoms with Gasteiger partial charge < -0.3 is 20.5 Å². The van der Waals surface area contributed by atoms with Crippen LogP contribution in [-0.2, 0) is 0 Å². The van der Waals surface area contributed by atoms with E-state index >= 15 is 0 Å². The van der Waals surface area contributed by atoms with E-state index in [1.165, 1.54) is 12.1 Å². The van der Waals surface area contributed by atoms with Gasteiger partial charge in [0.05, 0.1) is 18.3 Å². The van der Waals surface area contributed by atoms with Gasteiger partial charge in [-0.2, -0.15) is 9.97 Å². The monoisotopic (exact) mass is 424 g/mol. The highest BCUT2D eigenvalue weighted by atomic mass is 19.1. The summed E-state index contributed by atoms with van der Waals surface area (Å²) in [5.74, 6) is 1.41. The van der Waals surface area contributed by atoms with Crippen LogP contribution in [0.25, 0.3) is 0 Å². The van der Waals surface area contributed by atoms with E-state index in [2.05, 4.69) is 30.6 Å². The van der Waals surface area contributed by atoms with Crippen LogP contribution in [0.5, 0.6) is 5.88 Å². The van der Waals surface area contributed by atoms with Crippen LogP contribution < -0.4 is 15.4 Å². The molecule has 1 fully saturated rings. The van der Waals surface area contributed by atoms with Gasteiger partial charge in [-0.1, -0.05) is 18.6 Å². The fraction of sp³-hybridized carbons (Fsp3) is 0.364. The minimum Gasteiger partial charge on any atom is -0.471 e. The standard InChI is InChI=1S/C22H25FN6O2/c1-14(15-6-8-16(23)9-7-15)26-22-28-19(27-20-13-24-10-11-25-20)12-21(29-22)31-18-5-3-2-4-17(18)30/h6-14,17-18,30H,2-5H2,1H3,(H2,25,26,27,28,29)/t14-,17-,18?/m0/s1. The number of nitrogens with one attached hydrogen (secondary N) is 2. The molecule has 31 heavy (non-hydrogen) atoms. The minimum absolute atomic E-state index is 0.166. The van der Waals surface area contributed by atoms with Gasteiger partial charge in [0.2, 0.25) is 11.8 Å². The molecule has 2 heterocycles. The van der Waals surface area contributed by atoms with Crippen molar-refractivity contribution in [2.24, 2.45) is 0 Å². The average molecular weight is 424 g/mol. The molecular formula is C22H25FN6O2. The molecule has 0 radical (unpaired) electrons. The zero-order chi connectivity index (χ0) is 21.6. The number of hydrogen-bond acceptors (Lipinski definition) is 8. The topological polar surface area (TPSA) is 105 Å². The maximum absolute atomic E-state index is 13.2. The Bertz CT molecular complexity index is 989. The Morgan fingerprint density at radius 3 is 2.65 bits per heavy atom. The fourth-order valence-electron chi connectivity index (χ4n) is 3.51. The van der Waals surface area contributed by atoms with Gasteiger partial charge in [0.15, 0.2) is 0 Å². The number of aliphatic hydroxyl groups excluding tert-OH is 1. The predicted octanol–water partition coefficient (Wildman–Crippen LogP) is 4.00. The Hall–Kier alpha value is -3.33. The van der Waals surface area contributed by atoms with Gasteiger partial charge in [-0.15, -0.1) is 0 Å². The minimum atomic E-state index is -0.519. The van der Waals surface area contributed by atoms with E-state index in [1.807, 2.05) is 6.92 Å². The van der Waals surface area contributed by atoms with Gasteiger partial charge in [-0.25, -0.2) is 9.37 Å². The summed E-state index contributed by atoms with van der Waals surface area (Å²) in [6.45, 7) is 1.94. The van der Waals surface area contributed by atoms with Gasteiger partial charge in [0.25, 0.3) is 0 Å². The lowest BCUT2D eigenvalue weighted by Gasteiger charge is -2.28. The summed E-state index contributed by atoms with van der Waals surface area (Å²) in [6, 6.07) is 7.76. The van der Waals surface area contributed by atoms with Crippen molar-refractivity contribution in [1.82, 2.24) is 19.9 Å². The number of halogens is 1. The number of aromatic nitrogens is 4. The van der Waals surface area contributed by atoms with E-state index in [1.54, 1.807) is 36.8 Å². The third-order valence-corrected chi connectivity index (χ3v) is 5.18. The molecule has 1 aromatic carbocycles. The Morgan fingerprint density at radius 2 is 1.90 bits per heavy atom. The molecule has 3 N–H and O–H groups in total. The average Bonchev–Trinajstić information content (AvgIpc) is 2.76.